The van der Waals surface area contributed by atoms with E-state index in [1.165, 1.54) is 44.2 Å². The van der Waals surface area contributed by atoms with E-state index in [-0.39, 0.29) is 0 Å². The second-order valence-electron chi connectivity index (χ2n) is 5.72. The standard InChI is InChI=1S/C16H19ClN2.C2H6/c17-15-10-14(8-7-13(15)11-18)19-9-3-5-12-4-1-2-6-16(12)19;1-2/h7-8,10,12,16H,1-6,9H2;1-2H3. The fraction of sp³-hybridized carbons (Fsp3) is 0.611. The van der Waals surface area contributed by atoms with E-state index in [2.05, 4.69) is 17.0 Å². The van der Waals surface area contributed by atoms with Crippen LogP contribution in [-0.4, -0.2) is 12.6 Å². The van der Waals surface area contributed by atoms with E-state index in [1.807, 2.05) is 26.0 Å². The van der Waals surface area contributed by atoms with Gasteiger partial charge in [0.15, 0.2) is 0 Å². The fourth-order valence-electron chi connectivity index (χ4n) is 3.72. The van der Waals surface area contributed by atoms with Gasteiger partial charge in [0.05, 0.1) is 10.6 Å². The van der Waals surface area contributed by atoms with Crippen molar-refractivity contribution >= 4 is 17.3 Å². The normalized spacial score (nSPS) is 24.4. The van der Waals surface area contributed by atoms with Crippen molar-refractivity contribution < 1.29 is 0 Å². The van der Waals surface area contributed by atoms with Gasteiger partial charge in [-0.25, -0.2) is 0 Å². The molecule has 0 bridgehead atoms. The quantitative estimate of drug-likeness (QED) is 0.695. The molecular formula is C18H25ClN2. The lowest BCUT2D eigenvalue weighted by Crippen LogP contribution is -2.46. The minimum Gasteiger partial charge on any atom is -0.368 e. The SMILES string of the molecule is CC.N#Cc1ccc(N2CCCC3CCCCC32)cc1Cl. The van der Waals surface area contributed by atoms with Crippen molar-refractivity contribution in [2.45, 2.75) is 58.4 Å². The molecule has 1 heterocycles. The van der Waals surface area contributed by atoms with Crippen molar-refractivity contribution in [3.8, 4) is 6.07 Å². The van der Waals surface area contributed by atoms with Crippen LogP contribution in [0.3, 0.4) is 0 Å². The predicted molar refractivity (Wildman–Crippen MR) is 89.8 cm³/mol. The van der Waals surface area contributed by atoms with Crippen LogP contribution in [0.4, 0.5) is 5.69 Å². The smallest absolute Gasteiger partial charge is 0.101 e. The third-order valence-corrected chi connectivity index (χ3v) is 4.96. The molecule has 1 aromatic rings. The highest BCUT2D eigenvalue weighted by Gasteiger charge is 2.33. The van der Waals surface area contributed by atoms with Gasteiger partial charge in [-0.3, -0.25) is 0 Å². The fourth-order valence-corrected chi connectivity index (χ4v) is 3.94. The van der Waals surface area contributed by atoms with Gasteiger partial charge in [-0.1, -0.05) is 38.3 Å². The van der Waals surface area contributed by atoms with Gasteiger partial charge in [-0.15, -0.1) is 0 Å². The van der Waals surface area contributed by atoms with E-state index in [1.54, 1.807) is 0 Å². The largest absolute Gasteiger partial charge is 0.368 e. The highest BCUT2D eigenvalue weighted by molar-refractivity contribution is 6.32. The Kier molecular flexibility index (Phi) is 5.94. The van der Waals surface area contributed by atoms with Gasteiger partial charge in [0.1, 0.15) is 6.07 Å². The first-order valence-corrected chi connectivity index (χ1v) is 8.63. The summed E-state index contributed by atoms with van der Waals surface area (Å²) in [6.45, 7) is 5.13. The maximum atomic E-state index is 8.96. The number of piperidine rings is 1. The van der Waals surface area contributed by atoms with Crippen molar-refractivity contribution in [2.75, 3.05) is 11.4 Å². The highest BCUT2D eigenvalue weighted by Crippen LogP contribution is 2.38. The van der Waals surface area contributed by atoms with Gasteiger partial charge in [-0.05, 0) is 49.8 Å². The first-order valence-electron chi connectivity index (χ1n) is 8.26. The van der Waals surface area contributed by atoms with Crippen LogP contribution in [0.15, 0.2) is 18.2 Å². The third-order valence-electron chi connectivity index (χ3n) is 4.65. The Morgan fingerprint density at radius 1 is 1.14 bits per heavy atom. The Balaban J connectivity index is 0.000000774. The summed E-state index contributed by atoms with van der Waals surface area (Å²) in [5.41, 5.74) is 1.77. The van der Waals surface area contributed by atoms with Crippen molar-refractivity contribution in [1.29, 1.82) is 5.26 Å². The van der Waals surface area contributed by atoms with Gasteiger partial charge in [0.25, 0.3) is 0 Å². The van der Waals surface area contributed by atoms with Gasteiger partial charge in [0, 0.05) is 18.3 Å². The molecule has 1 aromatic carbocycles. The summed E-state index contributed by atoms with van der Waals surface area (Å²) in [7, 11) is 0. The molecule has 2 unspecified atom stereocenters. The Hall–Kier alpha value is -1.20. The molecule has 1 saturated carbocycles. The molecule has 114 valence electrons. The number of benzene rings is 1. The van der Waals surface area contributed by atoms with E-state index in [0.29, 0.717) is 16.6 Å². The summed E-state index contributed by atoms with van der Waals surface area (Å²) >= 11 is 6.17. The van der Waals surface area contributed by atoms with Crippen LogP contribution < -0.4 is 4.90 Å². The van der Waals surface area contributed by atoms with E-state index < -0.39 is 0 Å². The Bertz CT molecular complexity index is 504. The number of nitrogens with zero attached hydrogens (tertiary/aromatic N) is 2. The summed E-state index contributed by atoms with van der Waals surface area (Å²) in [5.74, 6) is 0.858. The van der Waals surface area contributed by atoms with Gasteiger partial charge in [-0.2, -0.15) is 5.26 Å². The predicted octanol–water partition coefficient (Wildman–Crippen LogP) is 5.40. The maximum absolute atomic E-state index is 8.96. The minimum absolute atomic E-state index is 0.572. The first kappa shape index (κ1) is 16.2. The van der Waals surface area contributed by atoms with Crippen LogP contribution in [0.1, 0.15) is 57.9 Å². The molecule has 0 N–H and O–H groups in total. The van der Waals surface area contributed by atoms with Crippen LogP contribution in [-0.2, 0) is 0 Å². The number of fused-ring (bicyclic) bond motifs is 1. The molecule has 2 nitrogen and oxygen atoms in total. The van der Waals surface area contributed by atoms with Gasteiger partial charge >= 0.3 is 0 Å². The van der Waals surface area contributed by atoms with E-state index >= 15 is 0 Å². The van der Waals surface area contributed by atoms with Crippen LogP contribution >= 0.6 is 11.6 Å². The minimum atomic E-state index is 0.572. The lowest BCUT2D eigenvalue weighted by atomic mass is 9.78. The molecular weight excluding hydrogens is 280 g/mol. The molecule has 0 radical (unpaired) electrons. The van der Waals surface area contributed by atoms with E-state index in [9.17, 15) is 0 Å². The van der Waals surface area contributed by atoms with E-state index in [0.717, 1.165) is 12.5 Å². The maximum Gasteiger partial charge on any atom is 0.101 e. The number of nitriles is 1. The van der Waals surface area contributed by atoms with Crippen LogP contribution in [0, 0.1) is 17.2 Å². The lowest BCUT2D eigenvalue weighted by Gasteiger charge is -2.45. The van der Waals surface area contributed by atoms with Crippen molar-refractivity contribution in [2.24, 2.45) is 5.92 Å². The summed E-state index contributed by atoms with van der Waals surface area (Å²) in [4.78, 5) is 2.53. The Morgan fingerprint density at radius 3 is 2.57 bits per heavy atom. The second kappa shape index (κ2) is 7.71. The number of hydrogen-bond donors (Lipinski definition) is 0. The molecule has 0 amide bonds. The van der Waals surface area contributed by atoms with Crippen LogP contribution in [0.25, 0.3) is 0 Å². The third kappa shape index (κ3) is 3.52. The monoisotopic (exact) mass is 304 g/mol. The molecule has 2 fully saturated rings. The number of anilines is 1. The van der Waals surface area contributed by atoms with Crippen molar-refractivity contribution in [1.82, 2.24) is 0 Å². The Morgan fingerprint density at radius 2 is 1.86 bits per heavy atom. The molecule has 0 spiro atoms. The number of hydrogen-bond acceptors (Lipinski definition) is 2. The molecule has 21 heavy (non-hydrogen) atoms. The lowest BCUT2D eigenvalue weighted by molar-refractivity contribution is 0.244. The molecule has 0 aromatic heterocycles. The van der Waals surface area contributed by atoms with Gasteiger partial charge in [0.2, 0.25) is 0 Å². The molecule has 2 aliphatic rings. The molecule has 2 atom stereocenters. The Labute approximate surface area is 133 Å². The van der Waals surface area contributed by atoms with E-state index in [4.69, 9.17) is 16.9 Å². The molecule has 3 rings (SSSR count). The van der Waals surface area contributed by atoms with Gasteiger partial charge < -0.3 is 4.90 Å². The summed E-state index contributed by atoms with van der Waals surface area (Å²) in [5, 5.41) is 9.54. The molecule has 1 saturated heterocycles. The van der Waals surface area contributed by atoms with Crippen LogP contribution in [0.2, 0.25) is 5.02 Å². The summed E-state index contributed by atoms with van der Waals surface area (Å²) in [6.07, 6.45) is 8.09. The molecule has 1 aliphatic carbocycles. The van der Waals surface area contributed by atoms with Crippen LogP contribution in [0.5, 0.6) is 0 Å². The second-order valence-corrected chi connectivity index (χ2v) is 6.13. The average molecular weight is 305 g/mol. The molecule has 3 heteroatoms. The average Bonchev–Trinajstić information content (AvgIpc) is 2.56. The first-order chi connectivity index (χ1) is 10.3. The summed E-state index contributed by atoms with van der Waals surface area (Å²) < 4.78 is 0. The number of rotatable bonds is 1. The zero-order valence-electron chi connectivity index (χ0n) is 13.1. The zero-order valence-corrected chi connectivity index (χ0v) is 13.9. The topological polar surface area (TPSA) is 27.0 Å². The summed E-state index contributed by atoms with van der Waals surface area (Å²) in [6, 6.07) is 8.70. The zero-order chi connectivity index (χ0) is 15.2. The van der Waals surface area contributed by atoms with Crippen molar-refractivity contribution in [3.63, 3.8) is 0 Å². The number of halogens is 1. The highest BCUT2D eigenvalue weighted by atomic mass is 35.5. The van der Waals surface area contributed by atoms with Crippen molar-refractivity contribution in [3.05, 3.63) is 28.8 Å². The molecule has 1 aliphatic heterocycles.